The highest BCUT2D eigenvalue weighted by atomic mass is 31.2. The van der Waals surface area contributed by atoms with Crippen molar-refractivity contribution in [1.29, 1.82) is 0 Å². The Morgan fingerprint density at radius 1 is 0.788 bits per heavy atom. The maximum absolute atomic E-state index is 14.2. The van der Waals surface area contributed by atoms with E-state index in [0.29, 0.717) is 26.4 Å². The molecule has 1 saturated carbocycles. The van der Waals surface area contributed by atoms with Crippen LogP contribution < -0.4 is 0 Å². The third kappa shape index (κ3) is 6.36. The first-order valence-electron chi connectivity index (χ1n) is 12.1. The summed E-state index contributed by atoms with van der Waals surface area (Å²) in [6.07, 6.45) is 2.81. The molecule has 0 spiro atoms. The Labute approximate surface area is 198 Å². The second kappa shape index (κ2) is 12.1. The van der Waals surface area contributed by atoms with Gasteiger partial charge in [0.2, 0.25) is 0 Å². The molecular formula is C25H38O6P2. The van der Waals surface area contributed by atoms with E-state index in [0.717, 1.165) is 30.2 Å². The average molecular weight is 497 g/mol. The normalized spacial score (nSPS) is 22.0. The van der Waals surface area contributed by atoms with Gasteiger partial charge in [-0.2, -0.15) is 0 Å². The van der Waals surface area contributed by atoms with Crippen LogP contribution in [0.5, 0.6) is 0 Å². The van der Waals surface area contributed by atoms with Crippen molar-refractivity contribution in [3.8, 4) is 0 Å². The fourth-order valence-electron chi connectivity index (χ4n) is 5.14. The standard InChI is InChI=1S/C25H38O6P2/c1-5-28-32(26,29-6-2)19-23-14-11-15-24(25(23)33(27,30-7-3)31-8-4)22-17-16-20-12-9-10-13-21(20)18-22/h9-10,12-13,16-18,23-25H,5-8,11,14-15,19H2,1-4H3/t23-,24+,25-/m1/s1. The second-order valence-electron chi connectivity index (χ2n) is 8.40. The summed E-state index contributed by atoms with van der Waals surface area (Å²) in [5.41, 5.74) is 0.701. The summed E-state index contributed by atoms with van der Waals surface area (Å²) >= 11 is 0. The Morgan fingerprint density at radius 3 is 2.00 bits per heavy atom. The van der Waals surface area contributed by atoms with Gasteiger partial charge in [0.25, 0.3) is 0 Å². The number of fused-ring (bicyclic) bond motifs is 1. The number of rotatable bonds is 12. The molecule has 33 heavy (non-hydrogen) atoms. The van der Waals surface area contributed by atoms with Gasteiger partial charge in [-0.05, 0) is 68.7 Å². The highest BCUT2D eigenvalue weighted by Gasteiger charge is 2.50. The van der Waals surface area contributed by atoms with Crippen molar-refractivity contribution in [3.05, 3.63) is 48.0 Å². The zero-order valence-electron chi connectivity index (χ0n) is 20.3. The van der Waals surface area contributed by atoms with E-state index in [4.69, 9.17) is 18.1 Å². The van der Waals surface area contributed by atoms with Crippen LogP contribution >= 0.6 is 15.2 Å². The Bertz CT molecular complexity index is 974. The fourth-order valence-corrected chi connectivity index (χ4v) is 10.0. The first kappa shape index (κ1) is 26.6. The van der Waals surface area contributed by atoms with Crippen molar-refractivity contribution in [2.24, 2.45) is 5.92 Å². The monoisotopic (exact) mass is 496 g/mol. The molecule has 1 aliphatic carbocycles. The Kier molecular flexibility index (Phi) is 9.76. The van der Waals surface area contributed by atoms with Gasteiger partial charge in [0.15, 0.2) is 0 Å². The lowest BCUT2D eigenvalue weighted by molar-refractivity contribution is 0.181. The van der Waals surface area contributed by atoms with Crippen LogP contribution in [0.2, 0.25) is 0 Å². The SMILES string of the molecule is CCOP(=O)(C[C@H]1CCC[C@@H](c2ccc3ccccc3c2)[C@@H]1P(=O)(OCC)OCC)OCC. The lowest BCUT2D eigenvalue weighted by Gasteiger charge is -2.42. The highest BCUT2D eigenvalue weighted by Crippen LogP contribution is 2.65. The average Bonchev–Trinajstić information content (AvgIpc) is 2.79. The van der Waals surface area contributed by atoms with E-state index < -0.39 is 20.9 Å². The minimum Gasteiger partial charge on any atom is -0.309 e. The smallest absolute Gasteiger partial charge is 0.309 e. The van der Waals surface area contributed by atoms with Gasteiger partial charge in [0.1, 0.15) is 0 Å². The predicted molar refractivity (Wildman–Crippen MR) is 134 cm³/mol. The van der Waals surface area contributed by atoms with E-state index >= 15 is 0 Å². The summed E-state index contributed by atoms with van der Waals surface area (Å²) in [6.45, 7) is 8.48. The molecule has 8 heteroatoms. The summed E-state index contributed by atoms with van der Waals surface area (Å²) in [4.78, 5) is 0. The Hall–Kier alpha value is -1.00. The quantitative estimate of drug-likeness (QED) is 0.282. The van der Waals surface area contributed by atoms with Crippen molar-refractivity contribution in [2.45, 2.75) is 58.5 Å². The molecular weight excluding hydrogens is 458 g/mol. The van der Waals surface area contributed by atoms with Gasteiger partial charge in [-0.15, -0.1) is 0 Å². The molecule has 3 rings (SSSR count). The molecule has 0 aliphatic heterocycles. The lowest BCUT2D eigenvalue weighted by Crippen LogP contribution is -2.36. The first-order chi connectivity index (χ1) is 15.9. The van der Waals surface area contributed by atoms with E-state index in [9.17, 15) is 9.13 Å². The number of benzene rings is 2. The summed E-state index contributed by atoms with van der Waals surface area (Å²) in [6, 6.07) is 14.7. The lowest BCUT2D eigenvalue weighted by atomic mass is 9.77. The third-order valence-electron chi connectivity index (χ3n) is 6.28. The molecule has 0 saturated heterocycles. The minimum absolute atomic E-state index is 0.0333. The third-order valence-corrected chi connectivity index (χ3v) is 11.2. The number of hydrogen-bond acceptors (Lipinski definition) is 6. The van der Waals surface area contributed by atoms with Gasteiger partial charge in [0, 0.05) is 0 Å². The van der Waals surface area contributed by atoms with Gasteiger partial charge in [-0.3, -0.25) is 9.13 Å². The summed E-state index contributed by atoms with van der Waals surface area (Å²) in [5.74, 6) is -0.197. The second-order valence-corrected chi connectivity index (χ2v) is 12.7. The van der Waals surface area contributed by atoms with Gasteiger partial charge >= 0.3 is 15.2 Å². The van der Waals surface area contributed by atoms with Crippen molar-refractivity contribution in [3.63, 3.8) is 0 Å². The van der Waals surface area contributed by atoms with Gasteiger partial charge in [-0.25, -0.2) is 0 Å². The molecule has 0 aromatic heterocycles. The summed E-state index contributed by atoms with van der Waals surface area (Å²) < 4.78 is 50.7. The molecule has 1 fully saturated rings. The first-order valence-corrected chi connectivity index (χ1v) is 15.5. The van der Waals surface area contributed by atoms with Gasteiger partial charge in [-0.1, -0.05) is 48.9 Å². The van der Waals surface area contributed by atoms with E-state index in [1.54, 1.807) is 0 Å². The number of hydrogen-bond donors (Lipinski definition) is 0. The van der Waals surface area contributed by atoms with Crippen molar-refractivity contribution >= 4 is 26.0 Å². The van der Waals surface area contributed by atoms with Crippen molar-refractivity contribution < 1.29 is 27.2 Å². The molecule has 1 aliphatic rings. The van der Waals surface area contributed by atoms with Crippen LogP contribution in [0.4, 0.5) is 0 Å². The van der Waals surface area contributed by atoms with Crippen molar-refractivity contribution in [2.75, 3.05) is 32.6 Å². The molecule has 0 N–H and O–H groups in total. The molecule has 2 aromatic carbocycles. The molecule has 3 atom stereocenters. The zero-order chi connectivity index (χ0) is 23.9. The van der Waals surface area contributed by atoms with Crippen LogP contribution in [0, 0.1) is 5.92 Å². The molecule has 184 valence electrons. The van der Waals surface area contributed by atoms with Crippen LogP contribution in [-0.2, 0) is 27.2 Å². The highest BCUT2D eigenvalue weighted by molar-refractivity contribution is 7.55. The van der Waals surface area contributed by atoms with Crippen LogP contribution in [0.3, 0.4) is 0 Å². The van der Waals surface area contributed by atoms with Crippen LogP contribution in [-0.4, -0.2) is 38.2 Å². The molecule has 6 nitrogen and oxygen atoms in total. The fraction of sp³-hybridized carbons (Fsp3) is 0.600. The van der Waals surface area contributed by atoms with Crippen molar-refractivity contribution in [1.82, 2.24) is 0 Å². The molecule has 2 aromatic rings. The van der Waals surface area contributed by atoms with Gasteiger partial charge in [0.05, 0.1) is 38.2 Å². The summed E-state index contributed by atoms with van der Waals surface area (Å²) in [5, 5.41) is 2.31. The molecule has 0 unspecified atom stereocenters. The van der Waals surface area contributed by atoms with Crippen LogP contribution in [0.25, 0.3) is 10.8 Å². The van der Waals surface area contributed by atoms with E-state index in [1.807, 2.05) is 39.8 Å². The minimum atomic E-state index is -3.49. The largest absolute Gasteiger partial charge is 0.334 e. The topological polar surface area (TPSA) is 71.1 Å². The predicted octanol–water partition coefficient (Wildman–Crippen LogP) is 7.62. The van der Waals surface area contributed by atoms with E-state index in [-0.39, 0.29) is 18.0 Å². The van der Waals surface area contributed by atoms with Crippen LogP contribution in [0.1, 0.15) is 58.4 Å². The Balaban J connectivity index is 2.06. The maximum atomic E-state index is 14.2. The van der Waals surface area contributed by atoms with E-state index in [2.05, 4.69) is 30.3 Å². The molecule has 0 bridgehead atoms. The molecule has 0 heterocycles. The summed E-state index contributed by atoms with van der Waals surface area (Å²) in [7, 11) is -6.81. The molecule has 0 amide bonds. The molecule has 0 radical (unpaired) electrons. The van der Waals surface area contributed by atoms with Crippen LogP contribution in [0.15, 0.2) is 42.5 Å². The maximum Gasteiger partial charge on any atom is 0.334 e. The van der Waals surface area contributed by atoms with Gasteiger partial charge < -0.3 is 18.1 Å². The van der Waals surface area contributed by atoms with E-state index in [1.165, 1.54) is 5.39 Å². The Morgan fingerprint density at radius 2 is 1.39 bits per heavy atom. The zero-order valence-corrected chi connectivity index (χ0v) is 22.1.